The monoisotopic (exact) mass is 338 g/mol. The van der Waals surface area contributed by atoms with Crippen LogP contribution in [0.5, 0.6) is 0 Å². The molecule has 0 bridgehead atoms. The van der Waals surface area contributed by atoms with E-state index in [0.717, 1.165) is 12.8 Å². The molecule has 23 heavy (non-hydrogen) atoms. The lowest BCUT2D eigenvalue weighted by molar-refractivity contribution is -0.121. The van der Waals surface area contributed by atoms with Crippen LogP contribution in [-0.4, -0.2) is 37.1 Å². The van der Waals surface area contributed by atoms with Crippen molar-refractivity contribution in [3.8, 4) is 0 Å². The molecule has 0 saturated carbocycles. The summed E-state index contributed by atoms with van der Waals surface area (Å²) in [5.74, 6) is -0.582. The fourth-order valence-corrected chi connectivity index (χ4v) is 4.02. The number of amides is 2. The maximum absolute atomic E-state index is 12.4. The normalized spacial score (nSPS) is 17.2. The first-order valence-corrected chi connectivity index (χ1v) is 9.13. The number of hydrogen-bond acceptors (Lipinski definition) is 4. The second-order valence-corrected chi connectivity index (χ2v) is 8.08. The minimum atomic E-state index is -3.93. The number of rotatable bonds is 6. The number of benzene rings is 1. The lowest BCUT2D eigenvalue weighted by Crippen LogP contribution is -2.43. The van der Waals surface area contributed by atoms with Gasteiger partial charge in [-0.3, -0.25) is 9.59 Å². The van der Waals surface area contributed by atoms with E-state index in [2.05, 4.69) is 19.2 Å². The Morgan fingerprint density at radius 2 is 1.83 bits per heavy atom. The van der Waals surface area contributed by atoms with E-state index in [1.54, 1.807) is 12.1 Å². The highest BCUT2D eigenvalue weighted by Gasteiger charge is 2.41. The van der Waals surface area contributed by atoms with Crippen LogP contribution in [0.15, 0.2) is 29.2 Å². The maximum atomic E-state index is 12.4. The molecule has 0 fully saturated rings. The fourth-order valence-electron chi connectivity index (χ4n) is 2.49. The van der Waals surface area contributed by atoms with Crippen LogP contribution in [0.25, 0.3) is 0 Å². The third kappa shape index (κ3) is 3.72. The molecule has 1 aliphatic rings. The van der Waals surface area contributed by atoms with Gasteiger partial charge in [-0.2, -0.15) is 0 Å². The van der Waals surface area contributed by atoms with E-state index in [0.29, 0.717) is 10.2 Å². The predicted molar refractivity (Wildman–Crippen MR) is 86.3 cm³/mol. The number of fused-ring (bicyclic) bond motifs is 1. The first-order chi connectivity index (χ1) is 10.7. The summed E-state index contributed by atoms with van der Waals surface area (Å²) in [5.41, 5.74) is 0.119. The SMILES string of the molecule is CC(C)CC[C@H](C)NC(=O)CN1C(=O)c2ccccc2S1(=O)=O. The first-order valence-electron chi connectivity index (χ1n) is 7.69. The highest BCUT2D eigenvalue weighted by molar-refractivity contribution is 7.90. The van der Waals surface area contributed by atoms with Gasteiger partial charge >= 0.3 is 0 Å². The van der Waals surface area contributed by atoms with Crippen LogP contribution in [0.1, 0.15) is 44.0 Å². The zero-order chi connectivity index (χ0) is 17.2. The number of carbonyl (C=O) groups is 2. The Morgan fingerprint density at radius 3 is 2.43 bits per heavy atom. The molecule has 2 rings (SSSR count). The van der Waals surface area contributed by atoms with Gasteiger partial charge in [0, 0.05) is 6.04 Å². The summed E-state index contributed by atoms with van der Waals surface area (Å²) in [5, 5.41) is 2.75. The third-order valence-corrected chi connectivity index (χ3v) is 5.57. The summed E-state index contributed by atoms with van der Waals surface area (Å²) in [6.45, 7) is 5.58. The van der Waals surface area contributed by atoms with Gasteiger partial charge in [-0.25, -0.2) is 12.7 Å². The van der Waals surface area contributed by atoms with Crippen molar-refractivity contribution in [1.29, 1.82) is 0 Å². The van der Waals surface area contributed by atoms with Crippen LogP contribution < -0.4 is 5.32 Å². The molecule has 0 spiro atoms. The maximum Gasteiger partial charge on any atom is 0.269 e. The summed E-state index contributed by atoms with van der Waals surface area (Å²) in [4.78, 5) is 24.2. The molecule has 1 heterocycles. The molecule has 0 unspecified atom stereocenters. The summed E-state index contributed by atoms with van der Waals surface area (Å²) < 4.78 is 25.4. The van der Waals surface area contributed by atoms with E-state index in [4.69, 9.17) is 0 Å². The van der Waals surface area contributed by atoms with Gasteiger partial charge in [0.25, 0.3) is 15.9 Å². The van der Waals surface area contributed by atoms with Crippen LogP contribution in [0.2, 0.25) is 0 Å². The molecular formula is C16H22N2O4S. The average Bonchev–Trinajstić information content (AvgIpc) is 2.67. The van der Waals surface area contributed by atoms with Crippen LogP contribution in [0.3, 0.4) is 0 Å². The second kappa shape index (κ2) is 6.70. The van der Waals surface area contributed by atoms with Crippen molar-refractivity contribution in [3.63, 3.8) is 0 Å². The molecule has 0 saturated heterocycles. The van der Waals surface area contributed by atoms with E-state index >= 15 is 0 Å². The van der Waals surface area contributed by atoms with Crippen molar-refractivity contribution in [2.45, 2.75) is 44.6 Å². The van der Waals surface area contributed by atoms with Crippen molar-refractivity contribution in [2.24, 2.45) is 5.92 Å². The minimum absolute atomic E-state index is 0.0364. The van der Waals surface area contributed by atoms with Gasteiger partial charge in [-0.15, -0.1) is 0 Å². The van der Waals surface area contributed by atoms with Crippen LogP contribution >= 0.6 is 0 Å². The van der Waals surface area contributed by atoms with Gasteiger partial charge in [0.05, 0.1) is 5.56 Å². The van der Waals surface area contributed by atoms with E-state index in [1.165, 1.54) is 12.1 Å². The number of nitrogens with one attached hydrogen (secondary N) is 1. The molecule has 1 aliphatic heterocycles. The Kier molecular flexibility index (Phi) is 5.09. The molecule has 1 atom stereocenters. The highest BCUT2D eigenvalue weighted by Crippen LogP contribution is 2.29. The number of sulfonamides is 1. The molecule has 2 amide bonds. The predicted octanol–water partition coefficient (Wildman–Crippen LogP) is 1.77. The van der Waals surface area contributed by atoms with Crippen molar-refractivity contribution in [1.82, 2.24) is 9.62 Å². The Labute approximate surface area is 136 Å². The van der Waals surface area contributed by atoms with Crippen molar-refractivity contribution in [3.05, 3.63) is 29.8 Å². The van der Waals surface area contributed by atoms with Gasteiger partial charge < -0.3 is 5.32 Å². The molecule has 7 heteroatoms. The molecule has 126 valence electrons. The van der Waals surface area contributed by atoms with Crippen LogP contribution in [0, 0.1) is 5.92 Å². The average molecular weight is 338 g/mol. The molecule has 0 radical (unpaired) electrons. The van der Waals surface area contributed by atoms with Gasteiger partial charge in [-0.05, 0) is 37.8 Å². The van der Waals surface area contributed by atoms with Gasteiger partial charge in [0.1, 0.15) is 11.4 Å². The number of carbonyl (C=O) groups excluding carboxylic acids is 2. The van der Waals surface area contributed by atoms with Gasteiger partial charge in [-0.1, -0.05) is 26.0 Å². The lowest BCUT2D eigenvalue weighted by Gasteiger charge is -2.18. The van der Waals surface area contributed by atoms with Crippen molar-refractivity contribution >= 4 is 21.8 Å². The molecule has 1 aromatic rings. The van der Waals surface area contributed by atoms with Crippen LogP contribution in [-0.2, 0) is 14.8 Å². The Hall–Kier alpha value is -1.89. The van der Waals surface area contributed by atoms with Crippen molar-refractivity contribution < 1.29 is 18.0 Å². The summed E-state index contributed by atoms with van der Waals surface area (Å²) in [6, 6.07) is 5.93. The Morgan fingerprint density at radius 1 is 1.17 bits per heavy atom. The van der Waals surface area contributed by atoms with E-state index in [9.17, 15) is 18.0 Å². The number of hydrogen-bond donors (Lipinski definition) is 1. The molecule has 0 aliphatic carbocycles. The largest absolute Gasteiger partial charge is 0.352 e. The van der Waals surface area contributed by atoms with E-state index in [1.807, 2.05) is 6.92 Å². The molecule has 1 N–H and O–H groups in total. The Bertz CT molecular complexity index is 713. The lowest BCUT2D eigenvalue weighted by atomic mass is 10.0. The third-order valence-electron chi connectivity index (χ3n) is 3.78. The second-order valence-electron chi connectivity index (χ2n) is 6.25. The number of nitrogens with zero attached hydrogens (tertiary/aromatic N) is 1. The minimum Gasteiger partial charge on any atom is -0.352 e. The van der Waals surface area contributed by atoms with Crippen molar-refractivity contribution in [2.75, 3.05) is 6.54 Å². The Balaban J connectivity index is 2.04. The molecule has 0 aromatic heterocycles. The molecule has 6 nitrogen and oxygen atoms in total. The van der Waals surface area contributed by atoms with E-state index in [-0.39, 0.29) is 16.5 Å². The highest BCUT2D eigenvalue weighted by atomic mass is 32.2. The summed E-state index contributed by atoms with van der Waals surface area (Å²) in [7, 11) is -3.93. The summed E-state index contributed by atoms with van der Waals surface area (Å²) >= 11 is 0. The first kappa shape index (κ1) is 17.5. The standard InChI is InChI=1S/C16H22N2O4S/c1-11(2)8-9-12(3)17-15(19)10-18-16(20)13-6-4-5-7-14(13)23(18,21)22/h4-7,11-12H,8-10H2,1-3H3,(H,17,19)/t12-/m0/s1. The zero-order valence-electron chi connectivity index (χ0n) is 13.6. The topological polar surface area (TPSA) is 83.6 Å². The summed E-state index contributed by atoms with van der Waals surface area (Å²) in [6.07, 6.45) is 1.78. The zero-order valence-corrected chi connectivity index (χ0v) is 14.4. The van der Waals surface area contributed by atoms with Crippen LogP contribution in [0.4, 0.5) is 0 Å². The van der Waals surface area contributed by atoms with E-state index < -0.39 is 28.4 Å². The molecular weight excluding hydrogens is 316 g/mol. The van der Waals surface area contributed by atoms with Gasteiger partial charge in [0.15, 0.2) is 0 Å². The quantitative estimate of drug-likeness (QED) is 0.857. The van der Waals surface area contributed by atoms with Gasteiger partial charge in [0.2, 0.25) is 5.91 Å². The fraction of sp³-hybridized carbons (Fsp3) is 0.500. The molecule has 1 aromatic carbocycles. The smallest absolute Gasteiger partial charge is 0.269 e.